The number of ketones is 2. The Bertz CT molecular complexity index is 1320. The minimum absolute atomic E-state index is 0.0328. The molecular weight excluding hydrogens is 494 g/mol. The van der Waals surface area contributed by atoms with Crippen LogP contribution >= 0.6 is 0 Å². The average Bonchev–Trinajstić information content (AvgIpc) is 2.87. The van der Waals surface area contributed by atoms with Gasteiger partial charge in [-0.2, -0.15) is 0 Å². The highest BCUT2D eigenvalue weighted by Gasteiger charge is 2.50. The molecule has 1 saturated heterocycles. The second kappa shape index (κ2) is 9.32. The molecule has 2 aromatic rings. The molecule has 0 radical (unpaired) electrons. The van der Waals surface area contributed by atoms with Gasteiger partial charge in [-0.3, -0.25) is 9.59 Å². The van der Waals surface area contributed by atoms with Gasteiger partial charge in [0.1, 0.15) is 23.4 Å². The smallest absolute Gasteiger partial charge is 0.202 e. The molecule has 0 spiro atoms. The van der Waals surface area contributed by atoms with E-state index in [9.17, 15) is 35.1 Å². The van der Waals surface area contributed by atoms with Crippen molar-refractivity contribution in [2.45, 2.75) is 75.8 Å². The van der Waals surface area contributed by atoms with Crippen LogP contribution in [0.1, 0.15) is 82.2 Å². The maximum absolute atomic E-state index is 13.5. The second-order valence-electron chi connectivity index (χ2n) is 10.7. The lowest BCUT2D eigenvalue weighted by Crippen LogP contribution is -2.54. The molecule has 3 aliphatic rings. The van der Waals surface area contributed by atoms with Crippen molar-refractivity contribution in [2.75, 3.05) is 14.1 Å². The van der Waals surface area contributed by atoms with Crippen molar-refractivity contribution in [3.63, 3.8) is 0 Å². The number of nitrogens with zero attached hydrogens (tertiary/aromatic N) is 1. The normalized spacial score (nSPS) is 30.7. The fraction of sp³-hybridized carbons (Fsp3) is 0.500. The summed E-state index contributed by atoms with van der Waals surface area (Å²) < 4.78 is 12.2. The number of hydrogen-bond acceptors (Lipinski definition) is 10. The lowest BCUT2D eigenvalue weighted by Gasteiger charge is -2.46. The minimum Gasteiger partial charge on any atom is -0.507 e. The van der Waals surface area contributed by atoms with E-state index < -0.39 is 64.6 Å². The average molecular weight is 528 g/mol. The second-order valence-corrected chi connectivity index (χ2v) is 10.7. The molecule has 38 heavy (non-hydrogen) atoms. The Morgan fingerprint density at radius 1 is 1.08 bits per heavy atom. The van der Waals surface area contributed by atoms with Gasteiger partial charge in [0, 0.05) is 29.2 Å². The van der Waals surface area contributed by atoms with E-state index in [0.717, 1.165) is 0 Å². The third kappa shape index (κ3) is 3.82. The van der Waals surface area contributed by atoms with E-state index >= 15 is 0 Å². The first-order valence-electron chi connectivity index (χ1n) is 12.8. The predicted molar refractivity (Wildman–Crippen MR) is 135 cm³/mol. The molecule has 2 aliphatic carbocycles. The maximum atomic E-state index is 13.5. The monoisotopic (exact) mass is 527 g/mol. The molecule has 204 valence electrons. The third-order valence-electron chi connectivity index (χ3n) is 8.36. The molecule has 5 N–H and O–H groups in total. The third-order valence-corrected chi connectivity index (χ3v) is 8.36. The zero-order chi connectivity index (χ0) is 27.7. The molecule has 10 heteroatoms. The van der Waals surface area contributed by atoms with Gasteiger partial charge < -0.3 is 39.9 Å². The summed E-state index contributed by atoms with van der Waals surface area (Å²) in [5, 5.41) is 55.3. The molecule has 2 aromatic carbocycles. The van der Waals surface area contributed by atoms with E-state index in [1.807, 2.05) is 19.0 Å². The Morgan fingerprint density at radius 3 is 2.42 bits per heavy atom. The van der Waals surface area contributed by atoms with Crippen LogP contribution in [0.25, 0.3) is 0 Å². The molecule has 1 fully saturated rings. The number of fused-ring (bicyclic) bond motifs is 3. The van der Waals surface area contributed by atoms with Crippen molar-refractivity contribution in [2.24, 2.45) is 0 Å². The first-order chi connectivity index (χ1) is 17.9. The predicted octanol–water partition coefficient (Wildman–Crippen LogP) is 2.15. The fourth-order valence-electron chi connectivity index (χ4n) is 6.08. The molecule has 1 heterocycles. The van der Waals surface area contributed by atoms with Gasteiger partial charge in [-0.25, -0.2) is 0 Å². The number of aliphatic hydroxyl groups excluding tert-OH is 1. The number of benzene rings is 2. The first-order valence-corrected chi connectivity index (χ1v) is 12.8. The number of rotatable bonds is 4. The topological polar surface area (TPSA) is 157 Å². The van der Waals surface area contributed by atoms with Crippen LogP contribution in [0.3, 0.4) is 0 Å². The van der Waals surface area contributed by atoms with Crippen molar-refractivity contribution in [3.8, 4) is 17.2 Å². The van der Waals surface area contributed by atoms with Crippen LogP contribution in [0.5, 0.6) is 17.2 Å². The molecule has 5 rings (SSSR count). The standard InChI is InChI=1S/C28H33NO9/c1-5-28(36)10-9-14-19(27(28)38-17-11-15(29(3)4)22(31)12(2)37-17)26(35)21-20(24(14)33)25(34)18-13(23(21)32)7-6-8-16(18)30/h6-8,12,15,17,22,27,30-31,33,35-36H,5,9-11H2,1-4H3. The highest BCUT2D eigenvalue weighted by atomic mass is 16.7. The van der Waals surface area contributed by atoms with Gasteiger partial charge >= 0.3 is 0 Å². The number of aromatic hydroxyl groups is 3. The minimum atomic E-state index is -1.47. The van der Waals surface area contributed by atoms with Gasteiger partial charge in [0.15, 0.2) is 12.1 Å². The summed E-state index contributed by atoms with van der Waals surface area (Å²) in [5.41, 5.74) is -2.34. The Labute approximate surface area is 220 Å². The Hall–Kier alpha value is -3.02. The van der Waals surface area contributed by atoms with E-state index in [1.54, 1.807) is 13.8 Å². The summed E-state index contributed by atoms with van der Waals surface area (Å²) in [5.74, 6) is -2.94. The summed E-state index contributed by atoms with van der Waals surface area (Å²) in [4.78, 5) is 28.7. The van der Waals surface area contributed by atoms with Crippen molar-refractivity contribution >= 4 is 11.6 Å². The van der Waals surface area contributed by atoms with E-state index in [2.05, 4.69) is 0 Å². The number of likely N-dealkylation sites (N-methyl/N-ethyl adjacent to an activating group) is 1. The van der Waals surface area contributed by atoms with Crippen molar-refractivity contribution < 1.29 is 44.6 Å². The van der Waals surface area contributed by atoms with Crippen LogP contribution in [0, 0.1) is 0 Å². The summed E-state index contributed by atoms with van der Waals surface area (Å²) >= 11 is 0. The molecule has 1 aliphatic heterocycles. The quantitative estimate of drug-likeness (QED) is 0.319. The van der Waals surface area contributed by atoms with Gasteiger partial charge in [-0.15, -0.1) is 0 Å². The van der Waals surface area contributed by atoms with E-state index in [0.29, 0.717) is 0 Å². The van der Waals surface area contributed by atoms with Crippen LogP contribution in [0.15, 0.2) is 18.2 Å². The molecule has 0 aromatic heterocycles. The van der Waals surface area contributed by atoms with E-state index in [-0.39, 0.29) is 59.5 Å². The Kier molecular flexibility index (Phi) is 6.52. The lowest BCUT2D eigenvalue weighted by molar-refractivity contribution is -0.276. The van der Waals surface area contributed by atoms with Crippen LogP contribution < -0.4 is 0 Å². The van der Waals surface area contributed by atoms with Crippen molar-refractivity contribution in [3.05, 3.63) is 51.6 Å². The van der Waals surface area contributed by atoms with Gasteiger partial charge in [0.05, 0.1) is 34.5 Å². The largest absolute Gasteiger partial charge is 0.507 e. The van der Waals surface area contributed by atoms with E-state index in [1.165, 1.54) is 18.2 Å². The first kappa shape index (κ1) is 26.6. The maximum Gasteiger partial charge on any atom is 0.202 e. The molecule has 0 amide bonds. The lowest BCUT2D eigenvalue weighted by atomic mass is 9.71. The highest BCUT2D eigenvalue weighted by Crippen LogP contribution is 2.53. The zero-order valence-corrected chi connectivity index (χ0v) is 21.8. The van der Waals surface area contributed by atoms with Crippen LogP contribution in [-0.4, -0.2) is 86.2 Å². The number of carbonyl (C=O) groups is 2. The molecule has 0 saturated carbocycles. The molecule has 6 atom stereocenters. The summed E-state index contributed by atoms with van der Waals surface area (Å²) in [6.45, 7) is 3.48. The Balaban J connectivity index is 1.65. The molecule has 0 bridgehead atoms. The van der Waals surface area contributed by atoms with Crippen molar-refractivity contribution in [1.82, 2.24) is 4.90 Å². The number of ether oxygens (including phenoxy) is 2. The molecule has 10 nitrogen and oxygen atoms in total. The Morgan fingerprint density at radius 2 is 1.76 bits per heavy atom. The summed E-state index contributed by atoms with van der Waals surface area (Å²) in [7, 11) is 3.66. The van der Waals surface area contributed by atoms with Gasteiger partial charge in [-0.05, 0) is 46.3 Å². The van der Waals surface area contributed by atoms with Gasteiger partial charge in [-0.1, -0.05) is 19.1 Å². The summed E-state index contributed by atoms with van der Waals surface area (Å²) in [6.07, 6.45) is -2.64. The van der Waals surface area contributed by atoms with Gasteiger partial charge in [0.25, 0.3) is 0 Å². The van der Waals surface area contributed by atoms with Crippen LogP contribution in [0.2, 0.25) is 0 Å². The fourth-order valence-corrected chi connectivity index (χ4v) is 6.08. The van der Waals surface area contributed by atoms with Crippen LogP contribution in [0.4, 0.5) is 0 Å². The number of hydrogen-bond donors (Lipinski definition) is 5. The number of phenols is 3. The van der Waals surface area contributed by atoms with Crippen LogP contribution in [-0.2, 0) is 15.9 Å². The number of carbonyl (C=O) groups excluding carboxylic acids is 2. The summed E-state index contributed by atoms with van der Waals surface area (Å²) in [6, 6.07) is 3.77. The number of phenolic OH excluding ortho intramolecular Hbond substituents is 3. The van der Waals surface area contributed by atoms with E-state index in [4.69, 9.17) is 9.47 Å². The molecule has 6 unspecified atom stereocenters. The highest BCUT2D eigenvalue weighted by molar-refractivity contribution is 6.31. The van der Waals surface area contributed by atoms with Crippen molar-refractivity contribution in [1.29, 1.82) is 0 Å². The zero-order valence-electron chi connectivity index (χ0n) is 21.8. The molecular formula is C28H33NO9. The SMILES string of the molecule is CCC1(O)CCc2c(O)c3c(c(O)c2C1OC1CC(N(C)C)C(O)C(C)O1)C(=O)c1cccc(O)c1C3=O. The number of aliphatic hydroxyl groups is 2. The van der Waals surface area contributed by atoms with Gasteiger partial charge in [0.2, 0.25) is 5.78 Å².